The Labute approximate surface area is 154 Å². The average molecular weight is 349 g/mol. The van der Waals surface area contributed by atoms with E-state index in [1.54, 1.807) is 24.3 Å². The van der Waals surface area contributed by atoms with Gasteiger partial charge in [-0.05, 0) is 53.8 Å². The highest BCUT2D eigenvalue weighted by molar-refractivity contribution is 6.28. The largest absolute Gasteiger partial charge is 0.457 e. The Bertz CT molecular complexity index is 832. The van der Waals surface area contributed by atoms with E-state index in [4.69, 9.17) is 4.74 Å². The lowest BCUT2D eigenvalue weighted by Crippen LogP contribution is -2.29. The number of ether oxygens (including phenoxy) is 1. The molecule has 4 nitrogen and oxygen atoms in total. The molecule has 2 aromatic rings. The minimum Gasteiger partial charge on any atom is -0.457 e. The molecule has 2 amide bonds. The zero-order valence-corrected chi connectivity index (χ0v) is 15.4. The topological polar surface area (TPSA) is 46.6 Å². The van der Waals surface area contributed by atoms with E-state index in [1.165, 1.54) is 23.3 Å². The SMILES string of the molecule is CCCc1ccc(Oc2ccc(N3C(=O)C=CC3=O)cc2)c(C(C)C)c1. The molecule has 0 aliphatic carbocycles. The van der Waals surface area contributed by atoms with Gasteiger partial charge in [0.15, 0.2) is 0 Å². The Balaban J connectivity index is 1.81. The molecule has 0 N–H and O–H groups in total. The van der Waals surface area contributed by atoms with Crippen molar-refractivity contribution in [3.63, 3.8) is 0 Å². The van der Waals surface area contributed by atoms with Crippen LogP contribution in [0, 0.1) is 0 Å². The van der Waals surface area contributed by atoms with Gasteiger partial charge in [-0.25, -0.2) is 4.90 Å². The second kappa shape index (κ2) is 7.56. The number of hydrogen-bond donors (Lipinski definition) is 0. The van der Waals surface area contributed by atoms with Gasteiger partial charge in [0.1, 0.15) is 11.5 Å². The zero-order valence-electron chi connectivity index (χ0n) is 15.4. The lowest BCUT2D eigenvalue weighted by atomic mass is 9.98. The molecule has 134 valence electrons. The molecule has 0 radical (unpaired) electrons. The highest BCUT2D eigenvalue weighted by atomic mass is 16.5. The van der Waals surface area contributed by atoms with Crippen LogP contribution in [0.25, 0.3) is 0 Å². The number of imide groups is 1. The number of amides is 2. The maximum atomic E-state index is 11.8. The third-order valence-corrected chi connectivity index (χ3v) is 4.37. The van der Waals surface area contributed by atoms with Gasteiger partial charge in [-0.15, -0.1) is 0 Å². The van der Waals surface area contributed by atoms with Crippen LogP contribution in [0.4, 0.5) is 5.69 Å². The van der Waals surface area contributed by atoms with Gasteiger partial charge in [0.25, 0.3) is 11.8 Å². The molecule has 4 heteroatoms. The summed E-state index contributed by atoms with van der Waals surface area (Å²) in [6.45, 7) is 6.48. The molecule has 0 atom stereocenters. The second-order valence-corrected chi connectivity index (χ2v) is 6.72. The van der Waals surface area contributed by atoms with E-state index < -0.39 is 0 Å². The molecule has 0 bridgehead atoms. The predicted molar refractivity (Wildman–Crippen MR) is 103 cm³/mol. The third kappa shape index (κ3) is 3.69. The normalized spacial score (nSPS) is 13.8. The van der Waals surface area contributed by atoms with Gasteiger partial charge in [0, 0.05) is 12.2 Å². The fraction of sp³-hybridized carbons (Fsp3) is 0.273. The standard InChI is InChI=1S/C22H23NO3/c1-4-5-16-6-11-20(19(14-16)15(2)3)26-18-9-7-17(8-10-18)23-21(24)12-13-22(23)25/h6-15H,4-5H2,1-3H3. The Morgan fingerprint density at radius 3 is 2.19 bits per heavy atom. The van der Waals surface area contributed by atoms with Crippen molar-refractivity contribution in [2.45, 2.75) is 39.5 Å². The average Bonchev–Trinajstić information content (AvgIpc) is 2.96. The summed E-state index contributed by atoms with van der Waals surface area (Å²) in [5.74, 6) is 1.22. The van der Waals surface area contributed by atoms with E-state index in [9.17, 15) is 9.59 Å². The number of nitrogens with zero attached hydrogens (tertiary/aromatic N) is 1. The highest BCUT2D eigenvalue weighted by Gasteiger charge is 2.24. The van der Waals surface area contributed by atoms with Crippen LogP contribution in [0.3, 0.4) is 0 Å². The van der Waals surface area contributed by atoms with Crippen LogP contribution in [0.5, 0.6) is 11.5 Å². The fourth-order valence-corrected chi connectivity index (χ4v) is 3.03. The van der Waals surface area contributed by atoms with Gasteiger partial charge < -0.3 is 4.74 Å². The number of anilines is 1. The summed E-state index contributed by atoms with van der Waals surface area (Å²) in [5, 5.41) is 0. The Morgan fingerprint density at radius 2 is 1.62 bits per heavy atom. The molecule has 0 unspecified atom stereocenters. The maximum absolute atomic E-state index is 11.8. The van der Waals surface area contributed by atoms with E-state index in [1.807, 2.05) is 6.07 Å². The first-order chi connectivity index (χ1) is 12.5. The van der Waals surface area contributed by atoms with Crippen molar-refractivity contribution in [1.82, 2.24) is 0 Å². The van der Waals surface area contributed by atoms with E-state index in [-0.39, 0.29) is 11.8 Å². The third-order valence-electron chi connectivity index (χ3n) is 4.37. The van der Waals surface area contributed by atoms with E-state index in [2.05, 4.69) is 32.9 Å². The summed E-state index contributed by atoms with van der Waals surface area (Å²) in [5.41, 5.74) is 3.03. The minimum atomic E-state index is -0.322. The number of benzene rings is 2. The summed E-state index contributed by atoms with van der Waals surface area (Å²) in [6, 6.07) is 13.3. The van der Waals surface area contributed by atoms with E-state index in [0.29, 0.717) is 17.4 Å². The van der Waals surface area contributed by atoms with Crippen molar-refractivity contribution < 1.29 is 14.3 Å². The number of aryl methyl sites for hydroxylation is 1. The first-order valence-electron chi connectivity index (χ1n) is 8.96. The van der Waals surface area contributed by atoms with Crippen molar-refractivity contribution >= 4 is 17.5 Å². The Hall–Kier alpha value is -2.88. The molecular formula is C22H23NO3. The molecule has 1 heterocycles. The van der Waals surface area contributed by atoms with Crippen LogP contribution in [0.15, 0.2) is 54.6 Å². The Morgan fingerprint density at radius 1 is 0.962 bits per heavy atom. The summed E-state index contributed by atoms with van der Waals surface area (Å²) in [6.07, 6.45) is 4.72. The van der Waals surface area contributed by atoms with Crippen molar-refractivity contribution in [1.29, 1.82) is 0 Å². The van der Waals surface area contributed by atoms with Crippen LogP contribution >= 0.6 is 0 Å². The van der Waals surface area contributed by atoms with Gasteiger partial charge in [-0.3, -0.25) is 9.59 Å². The van der Waals surface area contributed by atoms with Crippen molar-refractivity contribution in [3.8, 4) is 11.5 Å². The van der Waals surface area contributed by atoms with Crippen LogP contribution in [0.2, 0.25) is 0 Å². The van der Waals surface area contributed by atoms with Crippen molar-refractivity contribution in [2.75, 3.05) is 4.90 Å². The van der Waals surface area contributed by atoms with E-state index in [0.717, 1.165) is 23.5 Å². The van der Waals surface area contributed by atoms with E-state index >= 15 is 0 Å². The lowest BCUT2D eigenvalue weighted by Gasteiger charge is -2.17. The quantitative estimate of drug-likeness (QED) is 0.691. The predicted octanol–water partition coefficient (Wildman–Crippen LogP) is 4.98. The first-order valence-corrected chi connectivity index (χ1v) is 8.96. The molecule has 0 saturated carbocycles. The zero-order chi connectivity index (χ0) is 18.7. The molecule has 26 heavy (non-hydrogen) atoms. The van der Waals surface area contributed by atoms with Gasteiger partial charge in [-0.1, -0.05) is 39.3 Å². The molecule has 1 aliphatic rings. The number of carbonyl (C=O) groups excluding carboxylic acids is 2. The maximum Gasteiger partial charge on any atom is 0.258 e. The van der Waals surface area contributed by atoms with Crippen LogP contribution in [-0.4, -0.2) is 11.8 Å². The van der Waals surface area contributed by atoms with Gasteiger partial charge in [0.05, 0.1) is 5.69 Å². The Kier molecular flexibility index (Phi) is 5.21. The van der Waals surface area contributed by atoms with Gasteiger partial charge in [-0.2, -0.15) is 0 Å². The summed E-state index contributed by atoms with van der Waals surface area (Å²) in [7, 11) is 0. The van der Waals surface area contributed by atoms with Crippen LogP contribution in [0.1, 0.15) is 44.2 Å². The minimum absolute atomic E-state index is 0.322. The van der Waals surface area contributed by atoms with Crippen molar-refractivity contribution in [2.24, 2.45) is 0 Å². The van der Waals surface area contributed by atoms with Crippen LogP contribution < -0.4 is 9.64 Å². The number of carbonyl (C=O) groups is 2. The summed E-state index contributed by atoms with van der Waals surface area (Å²) in [4.78, 5) is 24.6. The van der Waals surface area contributed by atoms with Gasteiger partial charge >= 0.3 is 0 Å². The number of rotatable bonds is 6. The molecule has 0 aromatic heterocycles. The molecule has 0 fully saturated rings. The molecule has 3 rings (SSSR count). The monoisotopic (exact) mass is 349 g/mol. The van der Waals surface area contributed by atoms with Gasteiger partial charge in [0.2, 0.25) is 0 Å². The molecular weight excluding hydrogens is 326 g/mol. The molecule has 0 spiro atoms. The van der Waals surface area contributed by atoms with Crippen LogP contribution in [-0.2, 0) is 16.0 Å². The summed E-state index contributed by atoms with van der Waals surface area (Å²) >= 11 is 0. The molecule has 2 aromatic carbocycles. The highest BCUT2D eigenvalue weighted by Crippen LogP contribution is 2.33. The summed E-state index contributed by atoms with van der Waals surface area (Å²) < 4.78 is 6.07. The van der Waals surface area contributed by atoms with Crippen molar-refractivity contribution in [3.05, 3.63) is 65.7 Å². The first kappa shape index (κ1) is 17.9. The lowest BCUT2D eigenvalue weighted by molar-refractivity contribution is -0.119. The second-order valence-electron chi connectivity index (χ2n) is 6.72. The fourth-order valence-electron chi connectivity index (χ4n) is 3.03. The number of hydrogen-bond acceptors (Lipinski definition) is 3. The molecule has 0 saturated heterocycles. The molecule has 1 aliphatic heterocycles. The smallest absolute Gasteiger partial charge is 0.258 e.